The molecule has 0 aliphatic rings. The second-order valence-electron chi connectivity index (χ2n) is 12.5. The summed E-state index contributed by atoms with van der Waals surface area (Å²) < 4.78 is 2.21. The van der Waals surface area contributed by atoms with Crippen LogP contribution in [0.3, 0.4) is 0 Å². The SMILES string of the molecule is c1ccc(-c2nc(-c3ccc(-c4cccc5ccccc45)cc3)nc(-n3c4cc5ccccc5cc4c4cc5ccccc5cc43)n2)cc1. The molecule has 0 fully saturated rings. The number of benzene rings is 8. The summed E-state index contributed by atoms with van der Waals surface area (Å²) >= 11 is 0. The molecule has 0 amide bonds. The first-order chi connectivity index (χ1) is 24.3. The number of rotatable bonds is 4. The lowest BCUT2D eigenvalue weighted by molar-refractivity contribution is 0.954. The van der Waals surface area contributed by atoms with Crippen LogP contribution in [-0.4, -0.2) is 19.5 Å². The van der Waals surface area contributed by atoms with E-state index in [9.17, 15) is 0 Å². The Morgan fingerprint density at radius 1 is 0.327 bits per heavy atom. The van der Waals surface area contributed by atoms with Crippen LogP contribution >= 0.6 is 0 Å². The Kier molecular flexibility index (Phi) is 6.15. The summed E-state index contributed by atoms with van der Waals surface area (Å²) in [5.41, 5.74) is 6.35. The van der Waals surface area contributed by atoms with Gasteiger partial charge in [-0.1, -0.05) is 146 Å². The molecule has 0 bridgehead atoms. The van der Waals surface area contributed by atoms with Crippen molar-refractivity contribution in [1.82, 2.24) is 19.5 Å². The first-order valence-electron chi connectivity index (χ1n) is 16.5. The van der Waals surface area contributed by atoms with E-state index in [-0.39, 0.29) is 0 Å². The normalized spacial score (nSPS) is 11.7. The average molecular weight is 625 g/mol. The molecule has 8 aromatic carbocycles. The zero-order chi connectivity index (χ0) is 32.3. The van der Waals surface area contributed by atoms with Crippen molar-refractivity contribution in [2.24, 2.45) is 0 Å². The first-order valence-corrected chi connectivity index (χ1v) is 16.5. The highest BCUT2D eigenvalue weighted by molar-refractivity contribution is 6.16. The van der Waals surface area contributed by atoms with Gasteiger partial charge in [0.25, 0.3) is 0 Å². The van der Waals surface area contributed by atoms with Crippen molar-refractivity contribution < 1.29 is 0 Å². The fourth-order valence-electron chi connectivity index (χ4n) is 7.19. The average Bonchev–Trinajstić information content (AvgIpc) is 3.47. The van der Waals surface area contributed by atoms with Gasteiger partial charge < -0.3 is 0 Å². The van der Waals surface area contributed by atoms with Crippen LogP contribution in [-0.2, 0) is 0 Å². The zero-order valence-electron chi connectivity index (χ0n) is 26.5. The molecule has 0 unspecified atom stereocenters. The van der Waals surface area contributed by atoms with Gasteiger partial charge in [0.15, 0.2) is 11.6 Å². The zero-order valence-corrected chi connectivity index (χ0v) is 26.5. The standard InChI is InChI=1S/C45H28N4/c1-2-12-31(13-3-1)43-46-44(32-23-21-30(22-24-32)38-20-10-18-29-11-8-9-19-37(29)38)48-45(47-43)49-41-27-35-16-6-4-14-33(35)25-39(41)40-26-34-15-5-7-17-36(34)28-42(40)49/h1-28H. The van der Waals surface area contributed by atoms with E-state index in [1.165, 1.54) is 48.7 Å². The molecule has 0 aliphatic heterocycles. The quantitative estimate of drug-likeness (QED) is 0.196. The van der Waals surface area contributed by atoms with E-state index in [0.29, 0.717) is 17.6 Å². The molecule has 10 aromatic rings. The Balaban J connectivity index is 1.22. The molecule has 0 saturated heterocycles. The van der Waals surface area contributed by atoms with Crippen molar-refractivity contribution in [1.29, 1.82) is 0 Å². The third-order valence-electron chi connectivity index (χ3n) is 9.60. The van der Waals surface area contributed by atoms with Crippen LogP contribution in [0.1, 0.15) is 0 Å². The number of hydrogen-bond acceptors (Lipinski definition) is 3. The number of fused-ring (bicyclic) bond motifs is 6. The second kappa shape index (κ2) is 11.0. The van der Waals surface area contributed by atoms with Crippen LogP contribution < -0.4 is 0 Å². The van der Waals surface area contributed by atoms with Crippen molar-refractivity contribution in [2.45, 2.75) is 0 Å². The van der Waals surface area contributed by atoms with Crippen molar-refractivity contribution in [3.63, 3.8) is 0 Å². The van der Waals surface area contributed by atoms with Gasteiger partial charge in [0.1, 0.15) is 0 Å². The van der Waals surface area contributed by atoms with Gasteiger partial charge in [-0.2, -0.15) is 9.97 Å². The minimum Gasteiger partial charge on any atom is -0.278 e. The van der Waals surface area contributed by atoms with Crippen molar-refractivity contribution in [3.05, 3.63) is 170 Å². The molecule has 2 aromatic heterocycles. The molecular formula is C45H28N4. The number of aromatic nitrogens is 4. The summed E-state index contributed by atoms with van der Waals surface area (Å²) in [5.74, 6) is 1.85. The molecular weight excluding hydrogens is 597 g/mol. The molecule has 228 valence electrons. The molecule has 0 radical (unpaired) electrons. The van der Waals surface area contributed by atoms with E-state index in [1.807, 2.05) is 18.2 Å². The predicted molar refractivity (Wildman–Crippen MR) is 203 cm³/mol. The predicted octanol–water partition coefficient (Wildman–Crippen LogP) is 11.4. The van der Waals surface area contributed by atoms with Crippen molar-refractivity contribution >= 4 is 54.1 Å². The van der Waals surface area contributed by atoms with E-state index in [0.717, 1.165) is 27.7 Å². The smallest absolute Gasteiger partial charge is 0.238 e. The highest BCUT2D eigenvalue weighted by Gasteiger charge is 2.19. The minimum absolute atomic E-state index is 0.590. The monoisotopic (exact) mass is 624 g/mol. The van der Waals surface area contributed by atoms with E-state index < -0.39 is 0 Å². The maximum atomic E-state index is 5.23. The third-order valence-corrected chi connectivity index (χ3v) is 9.60. The molecule has 4 heteroatoms. The fourth-order valence-corrected chi connectivity index (χ4v) is 7.19. The summed E-state index contributed by atoms with van der Waals surface area (Å²) in [4.78, 5) is 15.5. The molecule has 0 aliphatic carbocycles. The van der Waals surface area contributed by atoms with Crippen LogP contribution in [0.5, 0.6) is 0 Å². The molecule has 4 nitrogen and oxygen atoms in total. The summed E-state index contributed by atoms with van der Waals surface area (Å²) in [6, 6.07) is 59.9. The highest BCUT2D eigenvalue weighted by atomic mass is 15.2. The Bertz CT molecular complexity index is 2770. The fraction of sp³-hybridized carbons (Fsp3) is 0. The second-order valence-corrected chi connectivity index (χ2v) is 12.5. The number of hydrogen-bond donors (Lipinski definition) is 0. The van der Waals surface area contributed by atoms with Gasteiger partial charge in [0.2, 0.25) is 5.95 Å². The number of nitrogens with zero attached hydrogens (tertiary/aromatic N) is 4. The molecule has 0 spiro atoms. The van der Waals surface area contributed by atoms with E-state index in [1.54, 1.807) is 0 Å². The van der Waals surface area contributed by atoms with Gasteiger partial charge >= 0.3 is 0 Å². The summed E-state index contributed by atoms with van der Waals surface area (Å²) in [6.07, 6.45) is 0. The van der Waals surface area contributed by atoms with Gasteiger partial charge in [0, 0.05) is 21.9 Å². The van der Waals surface area contributed by atoms with Crippen molar-refractivity contribution in [3.8, 4) is 39.9 Å². The van der Waals surface area contributed by atoms with Crippen LogP contribution in [0.25, 0.3) is 94.0 Å². The molecule has 49 heavy (non-hydrogen) atoms. The lowest BCUT2D eigenvalue weighted by Crippen LogP contribution is -2.06. The maximum Gasteiger partial charge on any atom is 0.238 e. The van der Waals surface area contributed by atoms with Gasteiger partial charge in [-0.25, -0.2) is 4.98 Å². The van der Waals surface area contributed by atoms with E-state index >= 15 is 0 Å². The molecule has 10 rings (SSSR count). The Labute approximate surface area is 282 Å². The third kappa shape index (κ3) is 4.57. The lowest BCUT2D eigenvalue weighted by atomic mass is 9.97. The molecule has 2 heterocycles. The van der Waals surface area contributed by atoms with Crippen LogP contribution in [0.4, 0.5) is 0 Å². The lowest BCUT2D eigenvalue weighted by Gasteiger charge is -2.12. The highest BCUT2D eigenvalue weighted by Crippen LogP contribution is 2.37. The van der Waals surface area contributed by atoms with Gasteiger partial charge in [-0.15, -0.1) is 0 Å². The Morgan fingerprint density at radius 3 is 1.41 bits per heavy atom. The first kappa shape index (κ1) is 27.5. The Hall–Kier alpha value is -6.65. The summed E-state index contributed by atoms with van der Waals surface area (Å²) in [7, 11) is 0. The topological polar surface area (TPSA) is 43.6 Å². The molecule has 0 saturated carbocycles. The van der Waals surface area contributed by atoms with E-state index in [4.69, 9.17) is 15.0 Å². The van der Waals surface area contributed by atoms with Crippen LogP contribution in [0, 0.1) is 0 Å². The van der Waals surface area contributed by atoms with Gasteiger partial charge in [0.05, 0.1) is 11.0 Å². The summed E-state index contributed by atoms with van der Waals surface area (Å²) in [6.45, 7) is 0. The van der Waals surface area contributed by atoms with Crippen molar-refractivity contribution in [2.75, 3.05) is 0 Å². The molecule has 0 N–H and O–H groups in total. The summed E-state index contributed by atoms with van der Waals surface area (Å²) in [5, 5.41) is 9.55. The van der Waals surface area contributed by atoms with Crippen LogP contribution in [0.15, 0.2) is 170 Å². The molecule has 0 atom stereocenters. The van der Waals surface area contributed by atoms with Crippen LogP contribution in [0.2, 0.25) is 0 Å². The minimum atomic E-state index is 0.590. The Morgan fingerprint density at radius 2 is 0.796 bits per heavy atom. The maximum absolute atomic E-state index is 5.23. The van der Waals surface area contributed by atoms with Gasteiger partial charge in [-0.05, 0) is 67.7 Å². The van der Waals surface area contributed by atoms with Gasteiger partial charge in [-0.3, -0.25) is 4.57 Å². The largest absolute Gasteiger partial charge is 0.278 e. The van der Waals surface area contributed by atoms with E-state index in [2.05, 4.69) is 156 Å².